The maximum Gasteiger partial charge on any atom is 0.271 e. The third kappa shape index (κ3) is 3.00. The number of rotatable bonds is 2. The molecule has 0 saturated carbocycles. The first kappa shape index (κ1) is 15.8. The molecule has 1 aliphatic rings. The second-order valence-electron chi connectivity index (χ2n) is 6.16. The molecule has 0 amide bonds. The third-order valence-electron chi connectivity index (χ3n) is 4.44. The van der Waals surface area contributed by atoms with Gasteiger partial charge in [0.2, 0.25) is 0 Å². The Balaban J connectivity index is 1.72. The first-order valence-corrected chi connectivity index (χ1v) is 8.91. The van der Waals surface area contributed by atoms with E-state index in [1.807, 2.05) is 18.2 Å². The van der Waals surface area contributed by atoms with Crippen LogP contribution in [0.5, 0.6) is 0 Å². The number of benzene rings is 1. The van der Waals surface area contributed by atoms with Gasteiger partial charge in [-0.05, 0) is 60.9 Å². The highest BCUT2D eigenvalue weighted by molar-refractivity contribution is 7.07. The quantitative estimate of drug-likeness (QED) is 0.708. The van der Waals surface area contributed by atoms with E-state index >= 15 is 0 Å². The van der Waals surface area contributed by atoms with Gasteiger partial charge in [0.1, 0.15) is 13.3 Å². The Kier molecular flexibility index (Phi) is 3.97. The molecule has 1 aliphatic heterocycles. The lowest BCUT2D eigenvalue weighted by molar-refractivity contribution is 0.569. The summed E-state index contributed by atoms with van der Waals surface area (Å²) in [6, 6.07) is 10.1. The van der Waals surface area contributed by atoms with Gasteiger partial charge in [-0.3, -0.25) is 14.3 Å². The van der Waals surface area contributed by atoms with Gasteiger partial charge in [-0.2, -0.15) is 0 Å². The first-order valence-electron chi connectivity index (χ1n) is 8.10. The first-order chi connectivity index (χ1) is 12.1. The van der Waals surface area contributed by atoms with Crippen molar-refractivity contribution in [1.29, 1.82) is 0 Å². The molecule has 0 spiro atoms. The van der Waals surface area contributed by atoms with Crippen LogP contribution in [0.2, 0.25) is 0 Å². The van der Waals surface area contributed by atoms with E-state index in [4.69, 9.17) is 0 Å². The molecule has 3 aromatic rings. The standard InChI is InChI=1S/C19H18N4OS/c1-13-3-4-16(9-14(13)2)22-11-21-19-23(12-22)18(24)17(25-19)10-15-5-7-20-8-6-15/h3-10H,11-12H2,1-2H3/b17-10-. The van der Waals surface area contributed by atoms with E-state index in [1.165, 1.54) is 22.5 Å². The fourth-order valence-electron chi connectivity index (χ4n) is 2.81. The predicted octanol–water partition coefficient (Wildman–Crippen LogP) is 1.81. The zero-order chi connectivity index (χ0) is 17.4. The summed E-state index contributed by atoms with van der Waals surface area (Å²) < 4.78 is 2.45. The van der Waals surface area contributed by atoms with Gasteiger partial charge < -0.3 is 4.90 Å². The minimum absolute atomic E-state index is 0.00842. The molecule has 2 aromatic heterocycles. The van der Waals surface area contributed by atoms with Crippen molar-refractivity contribution in [1.82, 2.24) is 9.55 Å². The molecule has 25 heavy (non-hydrogen) atoms. The average Bonchev–Trinajstić information content (AvgIpc) is 2.94. The number of anilines is 1. The lowest BCUT2D eigenvalue weighted by Gasteiger charge is -2.26. The topological polar surface area (TPSA) is 50.5 Å². The average molecular weight is 350 g/mol. The SMILES string of the molecule is Cc1ccc(N2CN=c3s/c(=C\c4ccncc4)c(=O)n3C2)cc1C. The molecule has 0 fully saturated rings. The van der Waals surface area contributed by atoms with Gasteiger partial charge in [-0.1, -0.05) is 17.4 Å². The Morgan fingerprint density at radius 2 is 1.92 bits per heavy atom. The summed E-state index contributed by atoms with van der Waals surface area (Å²) in [5.41, 5.74) is 4.58. The molecule has 5 nitrogen and oxygen atoms in total. The van der Waals surface area contributed by atoms with E-state index < -0.39 is 0 Å². The van der Waals surface area contributed by atoms with E-state index in [9.17, 15) is 4.79 Å². The molecule has 4 rings (SSSR count). The molecule has 0 bridgehead atoms. The monoisotopic (exact) mass is 350 g/mol. The number of hydrogen-bond donors (Lipinski definition) is 0. The fraction of sp³-hybridized carbons (Fsp3) is 0.211. The smallest absolute Gasteiger partial charge is 0.271 e. The number of pyridine rings is 1. The third-order valence-corrected chi connectivity index (χ3v) is 5.48. The summed E-state index contributed by atoms with van der Waals surface area (Å²) >= 11 is 1.44. The summed E-state index contributed by atoms with van der Waals surface area (Å²) in [6.07, 6.45) is 5.35. The van der Waals surface area contributed by atoms with Crippen LogP contribution < -0.4 is 19.8 Å². The van der Waals surface area contributed by atoms with E-state index in [-0.39, 0.29) is 5.56 Å². The summed E-state index contributed by atoms with van der Waals surface area (Å²) in [4.78, 5) is 24.3. The zero-order valence-corrected chi connectivity index (χ0v) is 15.0. The van der Waals surface area contributed by atoms with Gasteiger partial charge in [-0.25, -0.2) is 4.99 Å². The summed E-state index contributed by atoms with van der Waals surface area (Å²) in [5, 5.41) is 0. The Morgan fingerprint density at radius 1 is 1.12 bits per heavy atom. The number of fused-ring (bicyclic) bond motifs is 1. The van der Waals surface area contributed by atoms with Crippen LogP contribution in [-0.4, -0.2) is 16.2 Å². The summed E-state index contributed by atoms with van der Waals surface area (Å²) in [6.45, 7) is 5.30. The van der Waals surface area contributed by atoms with Crippen LogP contribution in [-0.2, 0) is 6.67 Å². The Labute approximate surface area is 149 Å². The van der Waals surface area contributed by atoms with Crippen LogP contribution in [0, 0.1) is 13.8 Å². The number of nitrogens with zero attached hydrogens (tertiary/aromatic N) is 4. The molecule has 0 N–H and O–H groups in total. The molecule has 126 valence electrons. The molecule has 3 heterocycles. The zero-order valence-electron chi connectivity index (χ0n) is 14.1. The van der Waals surface area contributed by atoms with Gasteiger partial charge in [0.15, 0.2) is 4.80 Å². The van der Waals surface area contributed by atoms with Gasteiger partial charge in [0.05, 0.1) is 4.53 Å². The van der Waals surface area contributed by atoms with Crippen LogP contribution >= 0.6 is 11.3 Å². The Bertz CT molecular complexity index is 1100. The van der Waals surface area contributed by atoms with Crippen molar-refractivity contribution in [2.45, 2.75) is 20.5 Å². The minimum atomic E-state index is 0.00842. The second kappa shape index (κ2) is 6.29. The van der Waals surface area contributed by atoms with Gasteiger partial charge in [0, 0.05) is 18.1 Å². The minimum Gasteiger partial charge on any atom is -0.334 e. The van der Waals surface area contributed by atoms with Crippen molar-refractivity contribution in [3.05, 3.63) is 79.1 Å². The Morgan fingerprint density at radius 3 is 2.68 bits per heavy atom. The number of hydrogen-bond acceptors (Lipinski definition) is 5. The van der Waals surface area contributed by atoms with Crippen molar-refractivity contribution in [2.24, 2.45) is 4.99 Å². The lowest BCUT2D eigenvalue weighted by atomic mass is 10.1. The van der Waals surface area contributed by atoms with E-state index in [0.29, 0.717) is 17.9 Å². The maximum absolute atomic E-state index is 12.8. The normalized spacial score (nSPS) is 14.3. The van der Waals surface area contributed by atoms with E-state index in [0.717, 1.165) is 16.1 Å². The van der Waals surface area contributed by atoms with Crippen molar-refractivity contribution < 1.29 is 0 Å². The Hall–Kier alpha value is -2.73. The van der Waals surface area contributed by atoms with Gasteiger partial charge in [-0.15, -0.1) is 0 Å². The van der Waals surface area contributed by atoms with Crippen LogP contribution in [0.4, 0.5) is 5.69 Å². The largest absolute Gasteiger partial charge is 0.334 e. The molecule has 0 saturated heterocycles. The summed E-state index contributed by atoms with van der Waals surface area (Å²) in [5.74, 6) is 0. The highest BCUT2D eigenvalue weighted by Gasteiger charge is 2.16. The molecule has 0 aliphatic carbocycles. The molecule has 0 unspecified atom stereocenters. The van der Waals surface area contributed by atoms with Crippen molar-refractivity contribution >= 4 is 23.1 Å². The van der Waals surface area contributed by atoms with Crippen LogP contribution in [0.15, 0.2) is 52.5 Å². The molecule has 0 atom stereocenters. The van der Waals surface area contributed by atoms with E-state index in [1.54, 1.807) is 17.0 Å². The molecule has 0 radical (unpaired) electrons. The van der Waals surface area contributed by atoms with Crippen LogP contribution in [0.1, 0.15) is 16.7 Å². The fourth-order valence-corrected chi connectivity index (χ4v) is 3.77. The molecule has 6 heteroatoms. The molecular weight excluding hydrogens is 332 g/mol. The van der Waals surface area contributed by atoms with E-state index in [2.05, 4.69) is 46.9 Å². The van der Waals surface area contributed by atoms with Crippen molar-refractivity contribution in [3.8, 4) is 0 Å². The van der Waals surface area contributed by atoms with Crippen molar-refractivity contribution in [3.63, 3.8) is 0 Å². The summed E-state index contributed by atoms with van der Waals surface area (Å²) in [7, 11) is 0. The van der Waals surface area contributed by atoms with Crippen LogP contribution in [0.25, 0.3) is 6.08 Å². The van der Waals surface area contributed by atoms with Crippen molar-refractivity contribution in [2.75, 3.05) is 11.6 Å². The molecular formula is C19H18N4OS. The number of thiazole rings is 1. The maximum atomic E-state index is 12.8. The number of aryl methyl sites for hydroxylation is 2. The molecule has 1 aromatic carbocycles. The highest BCUT2D eigenvalue weighted by atomic mass is 32.1. The van der Waals surface area contributed by atoms with Gasteiger partial charge >= 0.3 is 0 Å². The van der Waals surface area contributed by atoms with Crippen LogP contribution in [0.3, 0.4) is 0 Å². The highest BCUT2D eigenvalue weighted by Crippen LogP contribution is 2.19. The van der Waals surface area contributed by atoms with Gasteiger partial charge in [0.25, 0.3) is 5.56 Å². The predicted molar refractivity (Wildman–Crippen MR) is 100 cm³/mol. The second-order valence-corrected chi connectivity index (χ2v) is 7.17. The lowest BCUT2D eigenvalue weighted by Crippen LogP contribution is -2.42. The number of aromatic nitrogens is 2.